The molecule has 0 aliphatic rings. The molecule has 2 aromatic rings. The molecule has 149 heavy (non-hydrogen) atoms. The standard InChI is InChI=1S/C37H59N7O16S.C33H60N6O7.C27H47N3O12/c1-2-27(45)9-5-3-4-8-25(35(51)52)23-29(47)24-60-20-19-59-18-17-38-32(48)16-13-26(36(53)54)22-28(46)14-15-30(37(55)56)39-33(49)12-7-21-61(57,58)42-34(50)11-6-10-31-40-43-44-41-31;1-2-31(41)34-23-17-16-21-29(33(43)44)35-32(42)27-46-26-25-45-24-18-20-28(40)19-14-12-10-8-6-4-3-5-7-9-11-13-15-22-30-36-38-39-37-30;1-2-23(32)28-11-4-3-8-22(27(37)38)30-25(34)20-42-18-15-39-13-6-7-21(31)19-41-17-16-40-14-12-29-24(33)9-5-10-26(35)36/h25-26,30H,2-24H2,1H3,(H,38,48)(H,39,49)(H,42,50)(H,51,52)(H,53,54)(H,55,56)(H,40,41,43,44);29H,2-27H2,1H3,(H,34,41)(H,35,42)(H,43,44)(H,36,37,38,39);22H,2-20H2,1H3,(H,28,32)(H,29,33)(H,30,34)(H,35,36)(H,37,38). The average Bonchev–Trinajstić information content (AvgIpc) is 1.74. The summed E-state index contributed by atoms with van der Waals surface area (Å²) < 4.78 is 68.8. The van der Waals surface area contributed by atoms with Crippen LogP contribution < -0.4 is 41.9 Å². The number of ketones is 5. The number of carboxylic acid groups (broad SMARTS) is 6. The summed E-state index contributed by atoms with van der Waals surface area (Å²) in [5, 5.41) is 100. The van der Waals surface area contributed by atoms with Crippen molar-refractivity contribution in [1.29, 1.82) is 0 Å². The summed E-state index contributed by atoms with van der Waals surface area (Å²) in [7, 11) is -4.08. The lowest BCUT2D eigenvalue weighted by molar-refractivity contribution is -0.145. The molecule has 2 rings (SSSR count). The molecule has 16 N–H and O–H groups in total. The molecule has 0 bridgehead atoms. The number of Topliss-reactive ketones (excluding diaryl/α,β-unsaturated/α-hetero) is 5. The number of nitrogens with zero attached hydrogens (tertiary/aromatic N) is 6. The smallest absolute Gasteiger partial charge is 0.326 e. The van der Waals surface area contributed by atoms with Gasteiger partial charge in [0.05, 0.1) is 83.7 Å². The van der Waals surface area contributed by atoms with Crippen LogP contribution in [0.4, 0.5) is 0 Å². The highest BCUT2D eigenvalue weighted by atomic mass is 32.2. The largest absolute Gasteiger partial charge is 0.481 e. The fraction of sp³-hybridized carbons (Fsp3) is 0.784. The van der Waals surface area contributed by atoms with Crippen LogP contribution in [0.3, 0.4) is 0 Å². The molecule has 2 aromatic heterocycles. The van der Waals surface area contributed by atoms with E-state index in [1.807, 2.05) is 4.72 Å². The lowest BCUT2D eigenvalue weighted by Crippen LogP contribution is -2.42. The molecule has 52 heteroatoms. The van der Waals surface area contributed by atoms with Gasteiger partial charge in [0.25, 0.3) is 0 Å². The maximum atomic E-state index is 12.6. The molecule has 0 saturated heterocycles. The van der Waals surface area contributed by atoms with Gasteiger partial charge in [-0.2, -0.15) is 10.4 Å². The number of unbranched alkanes of at least 4 members (excludes halogenated alkanes) is 16. The number of aryl methyl sites for hydroxylation is 2. The molecular formula is C97H166N16O35S. The Balaban J connectivity index is 0.00000225. The molecular weight excluding hydrogens is 1980 g/mol. The van der Waals surface area contributed by atoms with Crippen molar-refractivity contribution in [2.75, 3.05) is 138 Å². The maximum Gasteiger partial charge on any atom is 0.326 e. The number of nitrogens with one attached hydrogen (secondary N) is 10. The summed E-state index contributed by atoms with van der Waals surface area (Å²) in [5.41, 5.74) is 0. The average molecular weight is 2150 g/mol. The minimum atomic E-state index is -4.08. The van der Waals surface area contributed by atoms with Crippen molar-refractivity contribution in [1.82, 2.24) is 83.2 Å². The monoisotopic (exact) mass is 2150 g/mol. The van der Waals surface area contributed by atoms with Crippen LogP contribution in [0.5, 0.6) is 0 Å². The number of hydrogen-bond donors (Lipinski definition) is 16. The van der Waals surface area contributed by atoms with Crippen molar-refractivity contribution < 1.29 is 168 Å². The zero-order valence-electron chi connectivity index (χ0n) is 87.1. The van der Waals surface area contributed by atoms with Crippen LogP contribution in [0.1, 0.15) is 321 Å². The Kier molecular flexibility index (Phi) is 85.8. The summed E-state index contributed by atoms with van der Waals surface area (Å²) in [6.45, 7) is 8.33. The van der Waals surface area contributed by atoms with Gasteiger partial charge < -0.3 is 106 Å². The van der Waals surface area contributed by atoms with Crippen LogP contribution in [0, 0.1) is 11.8 Å². The van der Waals surface area contributed by atoms with Gasteiger partial charge in [-0.15, -0.1) is 20.4 Å². The van der Waals surface area contributed by atoms with E-state index in [1.54, 1.807) is 20.8 Å². The summed E-state index contributed by atoms with van der Waals surface area (Å²) in [4.78, 5) is 223. The Morgan fingerprint density at radius 3 is 1.12 bits per heavy atom. The van der Waals surface area contributed by atoms with Gasteiger partial charge in [-0.1, -0.05) is 115 Å². The third-order valence-electron chi connectivity index (χ3n) is 22.4. The quantitative estimate of drug-likeness (QED) is 0.0380. The van der Waals surface area contributed by atoms with Gasteiger partial charge in [0.15, 0.2) is 23.2 Å². The van der Waals surface area contributed by atoms with E-state index in [0.717, 1.165) is 31.5 Å². The van der Waals surface area contributed by atoms with Crippen molar-refractivity contribution >= 4 is 122 Å². The first-order valence-electron chi connectivity index (χ1n) is 52.0. The third-order valence-corrected chi connectivity index (χ3v) is 23.8. The molecule has 8 amide bonds. The summed E-state index contributed by atoms with van der Waals surface area (Å²) in [6.07, 6.45) is 24.8. The highest BCUT2D eigenvalue weighted by Crippen LogP contribution is 2.20. The second-order valence-corrected chi connectivity index (χ2v) is 37.2. The van der Waals surface area contributed by atoms with Crippen LogP contribution in [0.15, 0.2) is 0 Å². The number of H-pyrrole nitrogens is 2. The van der Waals surface area contributed by atoms with E-state index in [-0.39, 0.29) is 217 Å². The zero-order chi connectivity index (χ0) is 111. The zero-order valence-corrected chi connectivity index (χ0v) is 87.9. The van der Waals surface area contributed by atoms with Gasteiger partial charge in [-0.3, -0.25) is 81.4 Å². The minimum absolute atomic E-state index is 0.0398. The SMILES string of the molecule is CCC(=O)CCCCCC(CC(=O)COCCOCCNC(=O)CCC(CC(=O)CCC(NC(=O)CCCS(=O)(=O)NC(=O)CCCc1nn[nH]n1)C(=O)O)C(=O)O)C(=O)O.CCC(=O)NCCCCC(NC(=O)COCCOCCCC(=O)CCCCCCCCCCCCCCCc1nn[nH]n1)C(=O)O.CCC(=O)NCCCCC(NC(=O)COCCOCCCC(=O)COCCOCCNC(=O)CCCC(=O)O)C(=O)O. The van der Waals surface area contributed by atoms with Crippen molar-refractivity contribution in [3.8, 4) is 0 Å². The van der Waals surface area contributed by atoms with Crippen molar-refractivity contribution in [2.24, 2.45) is 11.8 Å². The molecule has 51 nitrogen and oxygen atoms in total. The first-order chi connectivity index (χ1) is 71.5. The number of hydrogen-bond acceptors (Lipinski definition) is 35. The van der Waals surface area contributed by atoms with Crippen LogP contribution in [0.2, 0.25) is 0 Å². The van der Waals surface area contributed by atoms with E-state index in [4.69, 9.17) is 43.0 Å². The minimum Gasteiger partial charge on any atom is -0.481 e. The first kappa shape index (κ1) is 138. The van der Waals surface area contributed by atoms with E-state index < -0.39 is 136 Å². The second kappa shape index (κ2) is 92.8. The number of aromatic amines is 2. The molecule has 0 aliphatic carbocycles. The molecule has 5 unspecified atom stereocenters. The highest BCUT2D eigenvalue weighted by Gasteiger charge is 2.28. The fourth-order valence-electron chi connectivity index (χ4n) is 14.0. The molecule has 0 fully saturated rings. The van der Waals surface area contributed by atoms with E-state index in [1.165, 1.54) is 64.2 Å². The Morgan fingerprint density at radius 2 is 0.658 bits per heavy atom. The van der Waals surface area contributed by atoms with Crippen molar-refractivity contribution in [3.05, 3.63) is 11.6 Å². The number of carbonyl (C=O) groups is 19. The molecule has 0 aromatic carbocycles. The number of ether oxygens (including phenoxy) is 8. The van der Waals surface area contributed by atoms with Gasteiger partial charge in [0.1, 0.15) is 61.9 Å². The van der Waals surface area contributed by atoms with Gasteiger partial charge in [0, 0.05) is 149 Å². The molecule has 0 radical (unpaired) electrons. The van der Waals surface area contributed by atoms with Crippen LogP contribution in [-0.4, -0.2) is 348 Å². The number of sulfonamides is 1. The Labute approximate surface area is 871 Å². The van der Waals surface area contributed by atoms with E-state index in [0.29, 0.717) is 154 Å². The number of aromatic nitrogens is 8. The van der Waals surface area contributed by atoms with Gasteiger partial charge >= 0.3 is 35.8 Å². The van der Waals surface area contributed by atoms with E-state index in [2.05, 4.69) is 78.5 Å². The van der Waals surface area contributed by atoms with Crippen LogP contribution >= 0.6 is 0 Å². The maximum absolute atomic E-state index is 12.6. The molecule has 2 heterocycles. The summed E-state index contributed by atoms with van der Waals surface area (Å²) in [6, 6.07) is -3.55. The van der Waals surface area contributed by atoms with E-state index >= 15 is 0 Å². The number of tetrazole rings is 2. The predicted octanol–water partition coefficient (Wildman–Crippen LogP) is 5.17. The van der Waals surface area contributed by atoms with Crippen molar-refractivity contribution in [3.63, 3.8) is 0 Å². The van der Waals surface area contributed by atoms with Gasteiger partial charge in [-0.05, 0) is 109 Å². The van der Waals surface area contributed by atoms with Crippen LogP contribution in [0.25, 0.3) is 0 Å². The summed E-state index contributed by atoms with van der Waals surface area (Å²) in [5.74, 6) is -12.6. The normalized spacial score (nSPS) is 12.1. The Morgan fingerprint density at radius 1 is 0.282 bits per heavy atom. The molecule has 0 spiro atoms. The Bertz CT molecular complexity index is 4210. The number of aliphatic carboxylic acids is 6. The predicted molar refractivity (Wildman–Crippen MR) is 535 cm³/mol. The van der Waals surface area contributed by atoms with Crippen LogP contribution in [-0.2, 0) is 152 Å². The third kappa shape index (κ3) is 87.2. The fourth-order valence-corrected chi connectivity index (χ4v) is 15.1. The summed E-state index contributed by atoms with van der Waals surface area (Å²) >= 11 is 0. The first-order valence-corrected chi connectivity index (χ1v) is 53.6. The number of carboxylic acids is 6. The number of amides is 8. The number of rotatable bonds is 100. The lowest BCUT2D eigenvalue weighted by Gasteiger charge is -2.15. The van der Waals surface area contributed by atoms with Crippen molar-refractivity contribution in [2.45, 2.75) is 341 Å². The second-order valence-electron chi connectivity index (χ2n) is 35.3. The lowest BCUT2D eigenvalue weighted by atomic mass is 9.94. The highest BCUT2D eigenvalue weighted by molar-refractivity contribution is 7.90. The van der Waals surface area contributed by atoms with Gasteiger partial charge in [0.2, 0.25) is 57.3 Å². The van der Waals surface area contributed by atoms with Gasteiger partial charge in [-0.25, -0.2) is 22.8 Å². The molecule has 5 atom stereocenters. The topological polar surface area (TPSA) is 759 Å². The molecule has 0 saturated carbocycles. The number of carbonyl (C=O) groups excluding carboxylic acids is 13. The molecule has 0 aliphatic heterocycles. The van der Waals surface area contributed by atoms with E-state index in [9.17, 15) is 125 Å². The molecule has 850 valence electrons. The Hall–Kier alpha value is -11.3.